The molecule has 3 rings (SSSR count). The highest BCUT2D eigenvalue weighted by Crippen LogP contribution is 2.31. The van der Waals surface area contributed by atoms with E-state index < -0.39 is 0 Å². The number of carbonyl (C=O) groups is 1. The van der Waals surface area contributed by atoms with Crippen LogP contribution >= 0.6 is 12.4 Å². The molecule has 0 spiro atoms. The van der Waals surface area contributed by atoms with Crippen molar-refractivity contribution in [2.75, 3.05) is 7.05 Å². The van der Waals surface area contributed by atoms with E-state index in [1.807, 2.05) is 0 Å². The zero-order valence-electron chi connectivity index (χ0n) is 13.4. The predicted molar refractivity (Wildman–Crippen MR) is 88.8 cm³/mol. The van der Waals surface area contributed by atoms with Gasteiger partial charge in [-0.25, -0.2) is 0 Å². The van der Waals surface area contributed by atoms with Crippen molar-refractivity contribution in [3.63, 3.8) is 0 Å². The van der Waals surface area contributed by atoms with Crippen molar-refractivity contribution in [1.82, 2.24) is 10.2 Å². The van der Waals surface area contributed by atoms with Crippen LogP contribution in [0.1, 0.15) is 70.6 Å². The van der Waals surface area contributed by atoms with E-state index in [-0.39, 0.29) is 12.4 Å². The Labute approximate surface area is 135 Å². The lowest BCUT2D eigenvalue weighted by molar-refractivity contribution is -0.133. The van der Waals surface area contributed by atoms with Crippen molar-refractivity contribution in [1.29, 1.82) is 0 Å². The Bertz CT molecular complexity index is 330. The van der Waals surface area contributed by atoms with Gasteiger partial charge in [0, 0.05) is 31.6 Å². The summed E-state index contributed by atoms with van der Waals surface area (Å²) in [5.74, 6) is 1.06. The second-order valence-corrected chi connectivity index (χ2v) is 7.33. The Balaban J connectivity index is 0.00000161. The number of piperidine rings is 1. The Hall–Kier alpha value is -0.280. The van der Waals surface area contributed by atoms with Crippen LogP contribution in [0.15, 0.2) is 0 Å². The second-order valence-electron chi connectivity index (χ2n) is 7.33. The number of hydrogen-bond acceptors (Lipinski definition) is 2. The van der Waals surface area contributed by atoms with Crippen molar-refractivity contribution in [3.05, 3.63) is 0 Å². The molecule has 0 aromatic carbocycles. The number of halogens is 1. The van der Waals surface area contributed by atoms with Gasteiger partial charge in [-0.1, -0.05) is 25.7 Å². The molecule has 1 saturated carbocycles. The van der Waals surface area contributed by atoms with E-state index in [1.54, 1.807) is 0 Å². The van der Waals surface area contributed by atoms with E-state index in [4.69, 9.17) is 0 Å². The van der Waals surface area contributed by atoms with Gasteiger partial charge in [-0.15, -0.1) is 12.4 Å². The number of hydrogen-bond donors (Lipinski definition) is 1. The van der Waals surface area contributed by atoms with Crippen molar-refractivity contribution < 1.29 is 4.79 Å². The molecule has 0 aromatic rings. The van der Waals surface area contributed by atoms with Gasteiger partial charge in [0.2, 0.25) is 5.91 Å². The van der Waals surface area contributed by atoms with E-state index in [2.05, 4.69) is 17.3 Å². The average molecular weight is 315 g/mol. The van der Waals surface area contributed by atoms with Crippen molar-refractivity contribution in [2.24, 2.45) is 5.92 Å². The minimum atomic E-state index is 0. The van der Waals surface area contributed by atoms with Crippen molar-refractivity contribution in [3.8, 4) is 0 Å². The van der Waals surface area contributed by atoms with Crippen LogP contribution in [0.5, 0.6) is 0 Å². The van der Waals surface area contributed by atoms with Crippen LogP contribution in [-0.4, -0.2) is 36.0 Å². The molecule has 21 heavy (non-hydrogen) atoms. The van der Waals surface area contributed by atoms with Crippen molar-refractivity contribution >= 4 is 18.3 Å². The molecule has 2 atom stereocenters. The van der Waals surface area contributed by atoms with Gasteiger partial charge in [-0.2, -0.15) is 0 Å². The summed E-state index contributed by atoms with van der Waals surface area (Å²) >= 11 is 0. The maximum Gasteiger partial charge on any atom is 0.222 e. The van der Waals surface area contributed by atoms with Gasteiger partial charge in [0.15, 0.2) is 0 Å². The largest absolute Gasteiger partial charge is 0.343 e. The fourth-order valence-electron chi connectivity index (χ4n) is 4.51. The third-order valence-electron chi connectivity index (χ3n) is 5.83. The van der Waals surface area contributed by atoms with E-state index >= 15 is 0 Å². The van der Waals surface area contributed by atoms with Crippen LogP contribution in [0.4, 0.5) is 0 Å². The van der Waals surface area contributed by atoms with Gasteiger partial charge in [-0.3, -0.25) is 4.79 Å². The van der Waals surface area contributed by atoms with Gasteiger partial charge >= 0.3 is 0 Å². The average Bonchev–Trinajstić information content (AvgIpc) is 2.67. The molecule has 1 aliphatic carbocycles. The first-order valence-electron chi connectivity index (χ1n) is 8.74. The van der Waals surface area contributed by atoms with E-state index in [9.17, 15) is 4.79 Å². The summed E-state index contributed by atoms with van der Waals surface area (Å²) in [4.78, 5) is 14.7. The highest BCUT2D eigenvalue weighted by Gasteiger charge is 2.36. The monoisotopic (exact) mass is 314 g/mol. The molecule has 0 radical (unpaired) electrons. The number of nitrogens with zero attached hydrogens (tertiary/aromatic N) is 1. The van der Waals surface area contributed by atoms with E-state index in [0.29, 0.717) is 30.0 Å². The molecular weight excluding hydrogens is 284 g/mol. The second kappa shape index (κ2) is 7.82. The Kier molecular flexibility index (Phi) is 6.36. The van der Waals surface area contributed by atoms with Gasteiger partial charge in [0.25, 0.3) is 0 Å². The molecule has 2 bridgehead atoms. The normalized spacial score (nSPS) is 33.1. The summed E-state index contributed by atoms with van der Waals surface area (Å²) in [6, 6.07) is 1.84. The Morgan fingerprint density at radius 2 is 1.57 bits per heavy atom. The quantitative estimate of drug-likeness (QED) is 0.809. The lowest BCUT2D eigenvalue weighted by Crippen LogP contribution is -2.49. The molecule has 4 heteroatoms. The summed E-state index contributed by atoms with van der Waals surface area (Å²) in [6.45, 7) is 0. The first kappa shape index (κ1) is 17.1. The number of nitrogens with one attached hydrogen (secondary N) is 1. The minimum absolute atomic E-state index is 0. The van der Waals surface area contributed by atoms with Gasteiger partial charge < -0.3 is 10.2 Å². The lowest BCUT2D eigenvalue weighted by Gasteiger charge is -2.36. The molecule has 122 valence electrons. The molecule has 2 aliphatic heterocycles. The van der Waals surface area contributed by atoms with Gasteiger partial charge in [0.1, 0.15) is 0 Å². The van der Waals surface area contributed by atoms with Gasteiger partial charge in [-0.05, 0) is 44.4 Å². The highest BCUT2D eigenvalue weighted by molar-refractivity contribution is 5.85. The maximum absolute atomic E-state index is 12.6. The molecule has 2 heterocycles. The molecule has 0 aromatic heterocycles. The minimum Gasteiger partial charge on any atom is -0.343 e. The SMILES string of the molecule is CN(C(=O)CC1CCCCCC1)C1CC2CCC(C1)N2.Cl. The third kappa shape index (κ3) is 4.35. The number of fused-ring (bicyclic) bond motifs is 2. The van der Waals surface area contributed by atoms with Crippen LogP contribution in [0.25, 0.3) is 0 Å². The molecule has 2 saturated heterocycles. The van der Waals surface area contributed by atoms with Crippen LogP contribution in [0.2, 0.25) is 0 Å². The molecule has 1 N–H and O–H groups in total. The van der Waals surface area contributed by atoms with Crippen LogP contribution in [0.3, 0.4) is 0 Å². The van der Waals surface area contributed by atoms with Gasteiger partial charge in [0.05, 0.1) is 0 Å². The Morgan fingerprint density at radius 1 is 1.00 bits per heavy atom. The zero-order chi connectivity index (χ0) is 13.9. The number of rotatable bonds is 3. The summed E-state index contributed by atoms with van der Waals surface area (Å²) in [7, 11) is 2.05. The zero-order valence-corrected chi connectivity index (χ0v) is 14.2. The molecular formula is C17H31ClN2O. The number of carbonyl (C=O) groups excluding carboxylic acids is 1. The summed E-state index contributed by atoms with van der Waals surface area (Å²) in [5.41, 5.74) is 0. The number of amides is 1. The maximum atomic E-state index is 12.6. The standard InChI is InChI=1S/C17H30N2O.ClH/c1-19(16-11-14-8-9-15(12-16)18-14)17(20)10-13-6-4-2-3-5-7-13;/h13-16,18H,2-12H2,1H3;1H. The lowest BCUT2D eigenvalue weighted by atomic mass is 9.94. The van der Waals surface area contributed by atoms with Crippen molar-refractivity contribution in [2.45, 2.75) is 88.8 Å². The first-order valence-corrected chi connectivity index (χ1v) is 8.74. The van der Waals surface area contributed by atoms with Crippen LogP contribution < -0.4 is 5.32 Å². The molecule has 2 unspecified atom stereocenters. The van der Waals surface area contributed by atoms with Crippen LogP contribution in [0, 0.1) is 5.92 Å². The summed E-state index contributed by atoms with van der Waals surface area (Å²) in [5, 5.41) is 3.67. The fraction of sp³-hybridized carbons (Fsp3) is 0.941. The summed E-state index contributed by atoms with van der Waals surface area (Å²) in [6.07, 6.45) is 13.7. The summed E-state index contributed by atoms with van der Waals surface area (Å²) < 4.78 is 0. The molecule has 3 aliphatic rings. The highest BCUT2D eigenvalue weighted by atomic mass is 35.5. The third-order valence-corrected chi connectivity index (χ3v) is 5.83. The first-order chi connectivity index (χ1) is 9.72. The topological polar surface area (TPSA) is 32.3 Å². The molecule has 1 amide bonds. The Morgan fingerprint density at radius 3 is 2.14 bits per heavy atom. The molecule has 3 fully saturated rings. The smallest absolute Gasteiger partial charge is 0.222 e. The fourth-order valence-corrected chi connectivity index (χ4v) is 4.51. The predicted octanol–water partition coefficient (Wildman–Crippen LogP) is 3.51. The molecule has 3 nitrogen and oxygen atoms in total. The van der Waals surface area contributed by atoms with E-state index in [1.165, 1.54) is 64.2 Å². The van der Waals surface area contributed by atoms with E-state index in [0.717, 1.165) is 6.42 Å². The van der Waals surface area contributed by atoms with Crippen LogP contribution in [-0.2, 0) is 4.79 Å².